The molecule has 0 aliphatic rings. The number of pyridine rings is 1. The average Bonchev–Trinajstić information content (AvgIpc) is 2.28. The lowest BCUT2D eigenvalue weighted by atomic mass is 9.96. The quantitative estimate of drug-likeness (QED) is 0.798. The summed E-state index contributed by atoms with van der Waals surface area (Å²) in [6.45, 7) is 5.79. The van der Waals surface area contributed by atoms with Crippen LogP contribution in [-0.4, -0.2) is 23.6 Å². The summed E-state index contributed by atoms with van der Waals surface area (Å²) in [5, 5.41) is 3.16. The van der Waals surface area contributed by atoms with Crippen LogP contribution in [0.2, 0.25) is 0 Å². The summed E-state index contributed by atoms with van der Waals surface area (Å²) < 4.78 is 4.84. The summed E-state index contributed by atoms with van der Waals surface area (Å²) in [4.78, 5) is 16.1. The van der Waals surface area contributed by atoms with Crippen LogP contribution >= 0.6 is 0 Å². The van der Waals surface area contributed by atoms with Crippen molar-refractivity contribution in [2.75, 3.05) is 12.4 Å². The first-order valence-corrected chi connectivity index (χ1v) is 5.82. The zero-order valence-electron chi connectivity index (χ0n) is 10.9. The lowest BCUT2D eigenvalue weighted by Crippen LogP contribution is -2.44. The second kappa shape index (κ2) is 5.66. The zero-order chi connectivity index (χ0) is 12.9. The Balaban J connectivity index is 2.90. The predicted molar refractivity (Wildman–Crippen MR) is 67.9 cm³/mol. The van der Waals surface area contributed by atoms with E-state index in [2.05, 4.69) is 10.3 Å². The Morgan fingerprint density at radius 3 is 2.76 bits per heavy atom. The van der Waals surface area contributed by atoms with Crippen molar-refractivity contribution < 1.29 is 9.53 Å². The number of anilines is 1. The van der Waals surface area contributed by atoms with E-state index >= 15 is 0 Å². The third-order valence-electron chi connectivity index (χ3n) is 2.68. The van der Waals surface area contributed by atoms with Gasteiger partial charge in [0, 0.05) is 5.69 Å². The summed E-state index contributed by atoms with van der Waals surface area (Å²) in [5.41, 5.74) is 0.198. The molecule has 0 bridgehead atoms. The number of aryl methyl sites for hydroxylation is 1. The minimum atomic E-state index is -0.718. The van der Waals surface area contributed by atoms with Gasteiger partial charge in [-0.25, -0.2) is 9.78 Å². The summed E-state index contributed by atoms with van der Waals surface area (Å²) in [6.07, 6.45) is 1.60. The highest BCUT2D eigenvalue weighted by molar-refractivity contribution is 5.83. The molecule has 0 radical (unpaired) electrons. The van der Waals surface area contributed by atoms with E-state index < -0.39 is 5.54 Å². The van der Waals surface area contributed by atoms with Crippen molar-refractivity contribution in [3.05, 3.63) is 23.9 Å². The van der Waals surface area contributed by atoms with Crippen LogP contribution in [0.3, 0.4) is 0 Å². The van der Waals surface area contributed by atoms with Gasteiger partial charge in [0.05, 0.1) is 7.11 Å². The van der Waals surface area contributed by atoms with Crippen molar-refractivity contribution in [1.82, 2.24) is 4.98 Å². The van der Waals surface area contributed by atoms with Crippen LogP contribution in [0.4, 0.5) is 5.82 Å². The monoisotopic (exact) mass is 236 g/mol. The van der Waals surface area contributed by atoms with Gasteiger partial charge < -0.3 is 10.1 Å². The normalized spacial score (nSPS) is 13.9. The molecule has 0 aliphatic heterocycles. The standard InChI is InChI=1S/C13H20N2O2/c1-5-9-13(3,12(16)17-4)15-11-8-6-7-10(2)14-11/h6-8H,5,9H2,1-4H3,(H,14,15). The summed E-state index contributed by atoms with van der Waals surface area (Å²) in [6, 6.07) is 5.68. The molecule has 17 heavy (non-hydrogen) atoms. The van der Waals surface area contributed by atoms with Crippen LogP contribution < -0.4 is 5.32 Å². The minimum Gasteiger partial charge on any atom is -0.467 e. The molecule has 0 saturated carbocycles. The first-order valence-electron chi connectivity index (χ1n) is 5.82. The summed E-state index contributed by atoms with van der Waals surface area (Å²) >= 11 is 0. The Kier molecular flexibility index (Phi) is 4.49. The predicted octanol–water partition coefficient (Wildman–Crippen LogP) is 2.53. The summed E-state index contributed by atoms with van der Waals surface area (Å²) in [7, 11) is 1.40. The molecule has 0 spiro atoms. The number of nitrogens with one attached hydrogen (secondary N) is 1. The Labute approximate surface area is 102 Å². The van der Waals surface area contributed by atoms with E-state index in [4.69, 9.17) is 4.74 Å². The van der Waals surface area contributed by atoms with Gasteiger partial charge in [-0.3, -0.25) is 0 Å². The molecule has 1 rings (SSSR count). The van der Waals surface area contributed by atoms with Crippen molar-refractivity contribution >= 4 is 11.8 Å². The smallest absolute Gasteiger partial charge is 0.331 e. The van der Waals surface area contributed by atoms with E-state index in [1.807, 2.05) is 39.0 Å². The second-order valence-corrected chi connectivity index (χ2v) is 4.36. The van der Waals surface area contributed by atoms with E-state index in [-0.39, 0.29) is 5.97 Å². The molecule has 1 aromatic heterocycles. The number of esters is 1. The van der Waals surface area contributed by atoms with Crippen molar-refractivity contribution in [1.29, 1.82) is 0 Å². The van der Waals surface area contributed by atoms with Crippen LogP contribution in [0.1, 0.15) is 32.4 Å². The molecule has 94 valence electrons. The first kappa shape index (κ1) is 13.5. The Morgan fingerprint density at radius 1 is 1.53 bits per heavy atom. The number of methoxy groups -OCH3 is 1. The van der Waals surface area contributed by atoms with E-state index in [9.17, 15) is 4.79 Å². The van der Waals surface area contributed by atoms with Crippen molar-refractivity contribution in [3.8, 4) is 0 Å². The zero-order valence-corrected chi connectivity index (χ0v) is 10.9. The fourth-order valence-corrected chi connectivity index (χ4v) is 1.84. The molecular formula is C13H20N2O2. The second-order valence-electron chi connectivity index (χ2n) is 4.36. The largest absolute Gasteiger partial charge is 0.467 e. The maximum absolute atomic E-state index is 11.8. The number of hydrogen-bond donors (Lipinski definition) is 1. The van der Waals surface area contributed by atoms with E-state index in [0.29, 0.717) is 12.2 Å². The molecule has 1 aromatic rings. The molecule has 0 aromatic carbocycles. The Bertz CT molecular complexity index is 393. The van der Waals surface area contributed by atoms with E-state index in [0.717, 1.165) is 12.1 Å². The van der Waals surface area contributed by atoms with Gasteiger partial charge in [0.1, 0.15) is 11.4 Å². The molecule has 1 heterocycles. The molecule has 1 N–H and O–H groups in total. The third-order valence-corrected chi connectivity index (χ3v) is 2.68. The van der Waals surface area contributed by atoms with Gasteiger partial charge in [0.25, 0.3) is 0 Å². The molecule has 0 aliphatic carbocycles. The number of carbonyl (C=O) groups excluding carboxylic acids is 1. The van der Waals surface area contributed by atoms with Gasteiger partial charge in [-0.05, 0) is 32.4 Å². The molecule has 0 fully saturated rings. The number of aromatic nitrogens is 1. The van der Waals surface area contributed by atoms with Gasteiger partial charge in [-0.1, -0.05) is 19.4 Å². The van der Waals surface area contributed by atoms with Gasteiger partial charge >= 0.3 is 5.97 Å². The van der Waals surface area contributed by atoms with Crippen LogP contribution in [0.25, 0.3) is 0 Å². The van der Waals surface area contributed by atoms with Crippen molar-refractivity contribution in [3.63, 3.8) is 0 Å². The molecule has 0 amide bonds. The lowest BCUT2D eigenvalue weighted by molar-refractivity contribution is -0.145. The highest BCUT2D eigenvalue weighted by Crippen LogP contribution is 2.20. The fraction of sp³-hybridized carbons (Fsp3) is 0.538. The maximum Gasteiger partial charge on any atom is 0.331 e. The van der Waals surface area contributed by atoms with E-state index in [1.165, 1.54) is 7.11 Å². The number of ether oxygens (including phenoxy) is 1. The molecule has 1 unspecified atom stereocenters. The molecule has 1 atom stereocenters. The van der Waals surface area contributed by atoms with Gasteiger partial charge in [0.15, 0.2) is 0 Å². The number of nitrogens with zero attached hydrogens (tertiary/aromatic N) is 1. The van der Waals surface area contributed by atoms with Gasteiger partial charge in [-0.15, -0.1) is 0 Å². The topological polar surface area (TPSA) is 51.2 Å². The fourth-order valence-electron chi connectivity index (χ4n) is 1.84. The lowest BCUT2D eigenvalue weighted by Gasteiger charge is -2.28. The van der Waals surface area contributed by atoms with Crippen LogP contribution in [0.5, 0.6) is 0 Å². The minimum absolute atomic E-state index is 0.261. The Morgan fingerprint density at radius 2 is 2.24 bits per heavy atom. The van der Waals surface area contributed by atoms with Gasteiger partial charge in [0.2, 0.25) is 0 Å². The van der Waals surface area contributed by atoms with Crippen LogP contribution in [-0.2, 0) is 9.53 Å². The first-order chi connectivity index (χ1) is 8.01. The highest BCUT2D eigenvalue weighted by Gasteiger charge is 2.33. The number of carbonyl (C=O) groups is 1. The molecule has 4 nitrogen and oxygen atoms in total. The highest BCUT2D eigenvalue weighted by atomic mass is 16.5. The number of rotatable bonds is 5. The SMILES string of the molecule is CCCC(C)(Nc1cccc(C)n1)C(=O)OC. The Hall–Kier alpha value is -1.58. The van der Waals surface area contributed by atoms with Crippen molar-refractivity contribution in [2.45, 2.75) is 39.2 Å². The van der Waals surface area contributed by atoms with Gasteiger partial charge in [-0.2, -0.15) is 0 Å². The maximum atomic E-state index is 11.8. The van der Waals surface area contributed by atoms with Crippen LogP contribution in [0.15, 0.2) is 18.2 Å². The molecule has 4 heteroatoms. The van der Waals surface area contributed by atoms with E-state index in [1.54, 1.807) is 0 Å². The third kappa shape index (κ3) is 3.44. The molecule has 0 saturated heterocycles. The van der Waals surface area contributed by atoms with Crippen LogP contribution in [0, 0.1) is 6.92 Å². The number of hydrogen-bond acceptors (Lipinski definition) is 4. The van der Waals surface area contributed by atoms with Crippen molar-refractivity contribution in [2.24, 2.45) is 0 Å². The molecular weight excluding hydrogens is 216 g/mol. The average molecular weight is 236 g/mol. The summed E-state index contributed by atoms with van der Waals surface area (Å²) in [5.74, 6) is 0.439.